The minimum absolute atomic E-state index is 0.134. The van der Waals surface area contributed by atoms with Crippen LogP contribution in [-0.4, -0.2) is 29.8 Å². The summed E-state index contributed by atoms with van der Waals surface area (Å²) < 4.78 is 0. The zero-order chi connectivity index (χ0) is 12.0. The molecule has 1 heterocycles. The smallest absolute Gasteiger partial charge is 0.264 e. The second-order valence-corrected chi connectivity index (χ2v) is 4.90. The molecule has 0 radical (unpaired) electrons. The summed E-state index contributed by atoms with van der Waals surface area (Å²) in [6.07, 6.45) is 1.88. The predicted octanol–water partition coefficient (Wildman–Crippen LogP) is 3.40. The van der Waals surface area contributed by atoms with Crippen LogP contribution in [0.15, 0.2) is 11.4 Å². The highest BCUT2D eigenvalue weighted by molar-refractivity contribution is 7.12. The Morgan fingerprint density at radius 2 is 2.19 bits per heavy atom. The number of rotatable bonds is 6. The zero-order valence-corrected chi connectivity index (χ0v) is 11.4. The lowest BCUT2D eigenvalue weighted by Crippen LogP contribution is -2.33. The van der Waals surface area contributed by atoms with Gasteiger partial charge in [0, 0.05) is 19.0 Å². The van der Waals surface area contributed by atoms with E-state index in [0.29, 0.717) is 12.4 Å². The van der Waals surface area contributed by atoms with E-state index in [2.05, 4.69) is 13.8 Å². The molecule has 1 aromatic heterocycles. The topological polar surface area (TPSA) is 20.3 Å². The minimum Gasteiger partial charge on any atom is -0.337 e. The molecule has 0 atom stereocenters. The standard InChI is InChI=1S/C12H18ClNOS/c1-3-7-14(8-6-13)12(15)11-10(4-2)5-9-16-11/h5,9H,3-4,6-8H2,1-2H3. The summed E-state index contributed by atoms with van der Waals surface area (Å²) in [4.78, 5) is 15.0. The van der Waals surface area contributed by atoms with Crippen molar-refractivity contribution in [3.8, 4) is 0 Å². The predicted molar refractivity (Wildman–Crippen MR) is 70.6 cm³/mol. The molecule has 16 heavy (non-hydrogen) atoms. The minimum atomic E-state index is 0.134. The van der Waals surface area contributed by atoms with E-state index in [1.165, 1.54) is 11.3 Å². The van der Waals surface area contributed by atoms with Gasteiger partial charge in [-0.05, 0) is 29.9 Å². The van der Waals surface area contributed by atoms with Gasteiger partial charge in [-0.2, -0.15) is 0 Å². The van der Waals surface area contributed by atoms with Crippen molar-refractivity contribution in [1.82, 2.24) is 4.90 Å². The van der Waals surface area contributed by atoms with Crippen LogP contribution in [-0.2, 0) is 6.42 Å². The molecule has 0 saturated carbocycles. The van der Waals surface area contributed by atoms with Crippen LogP contribution in [0.1, 0.15) is 35.5 Å². The van der Waals surface area contributed by atoms with E-state index in [0.717, 1.165) is 29.8 Å². The number of alkyl halides is 1. The van der Waals surface area contributed by atoms with Crippen LogP contribution >= 0.6 is 22.9 Å². The van der Waals surface area contributed by atoms with E-state index in [1.807, 2.05) is 16.3 Å². The number of amides is 1. The van der Waals surface area contributed by atoms with Crippen LogP contribution in [0.4, 0.5) is 0 Å². The summed E-state index contributed by atoms with van der Waals surface area (Å²) in [5.74, 6) is 0.632. The first-order valence-electron chi connectivity index (χ1n) is 5.66. The Balaban J connectivity index is 2.81. The fourth-order valence-electron chi connectivity index (χ4n) is 1.63. The maximum atomic E-state index is 12.2. The first-order chi connectivity index (χ1) is 7.74. The molecule has 0 aliphatic heterocycles. The van der Waals surface area contributed by atoms with Crippen LogP contribution in [0.5, 0.6) is 0 Å². The molecule has 0 N–H and O–H groups in total. The van der Waals surface area contributed by atoms with E-state index in [-0.39, 0.29) is 5.91 Å². The number of hydrogen-bond acceptors (Lipinski definition) is 2. The highest BCUT2D eigenvalue weighted by Gasteiger charge is 2.18. The third-order valence-corrected chi connectivity index (χ3v) is 3.57. The van der Waals surface area contributed by atoms with Crippen molar-refractivity contribution in [3.63, 3.8) is 0 Å². The fourth-order valence-corrected chi connectivity index (χ4v) is 2.80. The average molecular weight is 260 g/mol. The largest absolute Gasteiger partial charge is 0.337 e. The Labute approximate surface area is 106 Å². The molecule has 0 aromatic carbocycles. The van der Waals surface area contributed by atoms with Crippen LogP contribution in [0.2, 0.25) is 0 Å². The van der Waals surface area contributed by atoms with Crippen LogP contribution in [0.25, 0.3) is 0 Å². The number of halogens is 1. The Morgan fingerprint density at radius 3 is 2.75 bits per heavy atom. The molecule has 0 fully saturated rings. The van der Waals surface area contributed by atoms with E-state index in [1.54, 1.807) is 0 Å². The molecule has 4 heteroatoms. The van der Waals surface area contributed by atoms with Crippen LogP contribution in [0.3, 0.4) is 0 Å². The molecule has 0 saturated heterocycles. The number of aryl methyl sites for hydroxylation is 1. The molecule has 90 valence electrons. The lowest BCUT2D eigenvalue weighted by Gasteiger charge is -2.20. The Morgan fingerprint density at radius 1 is 1.44 bits per heavy atom. The first kappa shape index (κ1) is 13.5. The van der Waals surface area contributed by atoms with Crippen molar-refractivity contribution >= 4 is 28.8 Å². The number of nitrogens with zero attached hydrogens (tertiary/aromatic N) is 1. The van der Waals surface area contributed by atoms with Crippen molar-refractivity contribution in [2.75, 3.05) is 19.0 Å². The number of thiophene rings is 1. The Kier molecular flexibility index (Phi) is 5.85. The average Bonchev–Trinajstić information content (AvgIpc) is 2.75. The number of carbonyl (C=O) groups excluding carboxylic acids is 1. The van der Waals surface area contributed by atoms with Gasteiger partial charge in [0.15, 0.2) is 0 Å². The fraction of sp³-hybridized carbons (Fsp3) is 0.583. The molecular weight excluding hydrogens is 242 g/mol. The molecular formula is C12H18ClNOS. The molecule has 2 nitrogen and oxygen atoms in total. The summed E-state index contributed by atoms with van der Waals surface area (Å²) in [5, 5.41) is 1.98. The van der Waals surface area contributed by atoms with E-state index in [4.69, 9.17) is 11.6 Å². The third kappa shape index (κ3) is 3.22. The highest BCUT2D eigenvalue weighted by atomic mass is 35.5. The van der Waals surface area contributed by atoms with Gasteiger partial charge in [0.1, 0.15) is 0 Å². The highest BCUT2D eigenvalue weighted by Crippen LogP contribution is 2.19. The van der Waals surface area contributed by atoms with Crippen molar-refractivity contribution in [2.45, 2.75) is 26.7 Å². The van der Waals surface area contributed by atoms with Gasteiger partial charge in [-0.3, -0.25) is 4.79 Å². The summed E-state index contributed by atoms with van der Waals surface area (Å²) in [5.41, 5.74) is 1.14. The number of hydrogen-bond donors (Lipinski definition) is 0. The summed E-state index contributed by atoms with van der Waals surface area (Å²) in [7, 11) is 0. The van der Waals surface area contributed by atoms with E-state index >= 15 is 0 Å². The Hall–Kier alpha value is -0.540. The maximum Gasteiger partial charge on any atom is 0.264 e. The normalized spacial score (nSPS) is 10.4. The monoisotopic (exact) mass is 259 g/mol. The quantitative estimate of drug-likeness (QED) is 0.717. The summed E-state index contributed by atoms with van der Waals surface area (Å²) in [6.45, 7) is 5.57. The molecule has 0 spiro atoms. The van der Waals surface area contributed by atoms with E-state index in [9.17, 15) is 4.79 Å². The van der Waals surface area contributed by atoms with Gasteiger partial charge in [-0.15, -0.1) is 22.9 Å². The lowest BCUT2D eigenvalue weighted by atomic mass is 10.2. The SMILES string of the molecule is CCCN(CCCl)C(=O)c1sccc1CC. The zero-order valence-electron chi connectivity index (χ0n) is 9.83. The summed E-state index contributed by atoms with van der Waals surface area (Å²) in [6, 6.07) is 2.03. The second kappa shape index (κ2) is 6.92. The van der Waals surface area contributed by atoms with E-state index < -0.39 is 0 Å². The molecule has 1 rings (SSSR count). The molecule has 0 aliphatic rings. The van der Waals surface area contributed by atoms with Gasteiger partial charge in [-0.1, -0.05) is 13.8 Å². The summed E-state index contributed by atoms with van der Waals surface area (Å²) >= 11 is 7.25. The van der Waals surface area contributed by atoms with Crippen molar-refractivity contribution < 1.29 is 4.79 Å². The van der Waals surface area contributed by atoms with Gasteiger partial charge in [0.05, 0.1) is 4.88 Å². The molecule has 1 aromatic rings. The molecule has 0 unspecified atom stereocenters. The Bertz CT molecular complexity index is 332. The lowest BCUT2D eigenvalue weighted by molar-refractivity contribution is 0.0769. The van der Waals surface area contributed by atoms with Gasteiger partial charge in [0.2, 0.25) is 0 Å². The number of carbonyl (C=O) groups is 1. The van der Waals surface area contributed by atoms with Gasteiger partial charge in [-0.25, -0.2) is 0 Å². The van der Waals surface area contributed by atoms with Crippen molar-refractivity contribution in [3.05, 3.63) is 21.9 Å². The van der Waals surface area contributed by atoms with Crippen LogP contribution in [0, 0.1) is 0 Å². The second-order valence-electron chi connectivity index (χ2n) is 3.61. The van der Waals surface area contributed by atoms with Gasteiger partial charge >= 0.3 is 0 Å². The van der Waals surface area contributed by atoms with Gasteiger partial charge < -0.3 is 4.90 Å². The molecule has 1 amide bonds. The molecule has 0 bridgehead atoms. The maximum absolute atomic E-state index is 12.2. The van der Waals surface area contributed by atoms with Gasteiger partial charge in [0.25, 0.3) is 5.91 Å². The molecule has 0 aliphatic carbocycles. The van der Waals surface area contributed by atoms with Crippen molar-refractivity contribution in [2.24, 2.45) is 0 Å². The first-order valence-corrected chi connectivity index (χ1v) is 7.07. The van der Waals surface area contributed by atoms with Crippen LogP contribution < -0.4 is 0 Å². The van der Waals surface area contributed by atoms with Crippen molar-refractivity contribution in [1.29, 1.82) is 0 Å². The third-order valence-electron chi connectivity index (χ3n) is 2.46.